The maximum absolute atomic E-state index is 12.4. The molecule has 0 aliphatic heterocycles. The van der Waals surface area contributed by atoms with Gasteiger partial charge in [0.15, 0.2) is 0 Å². The van der Waals surface area contributed by atoms with Crippen molar-refractivity contribution in [3.8, 4) is 0 Å². The Labute approximate surface area is 169 Å². The van der Waals surface area contributed by atoms with Crippen LogP contribution in [0.1, 0.15) is 31.7 Å². The van der Waals surface area contributed by atoms with Gasteiger partial charge in [-0.15, -0.1) is 0 Å². The minimum absolute atomic E-state index is 0.277. The number of rotatable bonds is 11. The number of nitrogens with one attached hydrogen (secondary N) is 3. The van der Waals surface area contributed by atoms with E-state index in [-0.39, 0.29) is 6.42 Å². The Hall–Kier alpha value is -2.91. The number of benzene rings is 1. The summed E-state index contributed by atoms with van der Waals surface area (Å²) in [4.78, 5) is 39.1. The Morgan fingerprint density at radius 1 is 1.14 bits per heavy atom. The summed E-state index contributed by atoms with van der Waals surface area (Å²) in [7, 11) is 0. The summed E-state index contributed by atoms with van der Waals surface area (Å²) in [6.45, 7) is 1.95. The van der Waals surface area contributed by atoms with E-state index in [0.717, 1.165) is 16.5 Å². The molecule has 0 saturated heterocycles. The van der Waals surface area contributed by atoms with Crippen molar-refractivity contribution in [1.82, 2.24) is 15.6 Å². The first-order chi connectivity index (χ1) is 13.8. The Morgan fingerprint density at radius 2 is 1.86 bits per heavy atom. The number of hydrogen-bond donors (Lipinski definition) is 6. The van der Waals surface area contributed by atoms with E-state index in [9.17, 15) is 19.5 Å². The number of carboxylic acids is 1. The van der Waals surface area contributed by atoms with Crippen LogP contribution < -0.4 is 22.1 Å². The van der Waals surface area contributed by atoms with Crippen molar-refractivity contribution in [2.75, 3.05) is 6.54 Å². The lowest BCUT2D eigenvalue weighted by atomic mass is 10.0. The van der Waals surface area contributed by atoms with Gasteiger partial charge in [0, 0.05) is 17.1 Å². The first kappa shape index (κ1) is 22.4. The minimum atomic E-state index is -1.12. The minimum Gasteiger partial charge on any atom is -0.480 e. The molecule has 29 heavy (non-hydrogen) atoms. The normalized spacial score (nSPS) is 14.2. The fourth-order valence-electron chi connectivity index (χ4n) is 3.06. The summed E-state index contributed by atoms with van der Waals surface area (Å²) in [6.07, 6.45) is 3.66. The van der Waals surface area contributed by atoms with E-state index in [2.05, 4.69) is 15.6 Å². The second kappa shape index (κ2) is 10.6. The molecule has 0 spiro atoms. The van der Waals surface area contributed by atoms with E-state index in [4.69, 9.17) is 11.5 Å². The van der Waals surface area contributed by atoms with Gasteiger partial charge in [-0.05, 0) is 50.8 Å². The first-order valence-electron chi connectivity index (χ1n) is 9.67. The van der Waals surface area contributed by atoms with Crippen LogP contribution in [0, 0.1) is 0 Å². The smallest absolute Gasteiger partial charge is 0.326 e. The zero-order chi connectivity index (χ0) is 21.4. The number of H-pyrrole nitrogens is 1. The largest absolute Gasteiger partial charge is 0.480 e. The van der Waals surface area contributed by atoms with Gasteiger partial charge in [-0.2, -0.15) is 0 Å². The van der Waals surface area contributed by atoms with Gasteiger partial charge in [0.25, 0.3) is 0 Å². The molecule has 2 amide bonds. The number of aliphatic carboxylic acids is 1. The van der Waals surface area contributed by atoms with Crippen LogP contribution in [-0.4, -0.2) is 52.5 Å². The number of carbonyl (C=O) groups excluding carboxylic acids is 2. The van der Waals surface area contributed by atoms with Crippen molar-refractivity contribution in [2.45, 2.75) is 50.7 Å². The number of aromatic nitrogens is 1. The lowest BCUT2D eigenvalue weighted by Gasteiger charge is -2.20. The second-order valence-corrected chi connectivity index (χ2v) is 7.08. The van der Waals surface area contributed by atoms with E-state index in [1.165, 1.54) is 6.92 Å². The third-order valence-corrected chi connectivity index (χ3v) is 4.77. The third kappa shape index (κ3) is 6.30. The lowest BCUT2D eigenvalue weighted by molar-refractivity contribution is -0.142. The predicted molar refractivity (Wildman–Crippen MR) is 110 cm³/mol. The highest BCUT2D eigenvalue weighted by atomic mass is 16.4. The summed E-state index contributed by atoms with van der Waals surface area (Å²) in [5.74, 6) is -2.17. The molecule has 0 fully saturated rings. The van der Waals surface area contributed by atoms with Crippen LogP contribution in [0.5, 0.6) is 0 Å². The maximum Gasteiger partial charge on any atom is 0.326 e. The molecule has 1 heterocycles. The predicted octanol–water partition coefficient (Wildman–Crippen LogP) is 0.241. The number of unbranched alkanes of at least 4 members (excludes halogenated alkanes) is 1. The molecule has 0 bridgehead atoms. The zero-order valence-electron chi connectivity index (χ0n) is 16.5. The average Bonchev–Trinajstić information content (AvgIpc) is 3.09. The van der Waals surface area contributed by atoms with E-state index >= 15 is 0 Å². The van der Waals surface area contributed by atoms with E-state index < -0.39 is 35.9 Å². The van der Waals surface area contributed by atoms with Crippen LogP contribution in [0.2, 0.25) is 0 Å². The highest BCUT2D eigenvalue weighted by molar-refractivity contribution is 5.92. The number of hydrogen-bond acceptors (Lipinski definition) is 5. The van der Waals surface area contributed by atoms with E-state index in [0.29, 0.717) is 25.8 Å². The molecule has 1 aromatic carbocycles. The number of amides is 2. The van der Waals surface area contributed by atoms with Crippen molar-refractivity contribution in [2.24, 2.45) is 11.5 Å². The monoisotopic (exact) mass is 403 g/mol. The molecule has 3 atom stereocenters. The van der Waals surface area contributed by atoms with Crippen LogP contribution in [0.15, 0.2) is 30.5 Å². The molecule has 2 aromatic rings. The molecule has 0 radical (unpaired) electrons. The van der Waals surface area contributed by atoms with Gasteiger partial charge in [-0.25, -0.2) is 4.79 Å². The molecule has 9 nitrogen and oxygen atoms in total. The summed E-state index contributed by atoms with van der Waals surface area (Å²) in [5, 5.41) is 15.2. The number of nitrogens with two attached hydrogens (primary N) is 2. The second-order valence-electron chi connectivity index (χ2n) is 7.08. The lowest BCUT2D eigenvalue weighted by Crippen LogP contribution is -2.53. The number of para-hydroxylation sites is 1. The molecule has 8 N–H and O–H groups in total. The van der Waals surface area contributed by atoms with E-state index in [1.54, 1.807) is 0 Å². The van der Waals surface area contributed by atoms with Crippen molar-refractivity contribution in [3.63, 3.8) is 0 Å². The fraction of sp³-hybridized carbons (Fsp3) is 0.450. The number of fused-ring (bicyclic) bond motifs is 1. The quantitative estimate of drug-likeness (QED) is 0.294. The molecule has 0 aliphatic rings. The van der Waals surface area contributed by atoms with Crippen LogP contribution in [0.3, 0.4) is 0 Å². The topological polar surface area (TPSA) is 163 Å². The summed E-state index contributed by atoms with van der Waals surface area (Å²) >= 11 is 0. The van der Waals surface area contributed by atoms with Crippen LogP contribution in [0.25, 0.3) is 10.9 Å². The SMILES string of the molecule is C[C@H](NC(=O)[C@@H](N)Cc1c[nH]c2ccccc12)C(=O)N[C@@H](CCCCN)C(=O)O. The molecule has 0 aliphatic carbocycles. The highest BCUT2D eigenvalue weighted by Gasteiger charge is 2.25. The average molecular weight is 403 g/mol. The number of carboxylic acid groups (broad SMARTS) is 1. The van der Waals surface area contributed by atoms with Crippen molar-refractivity contribution < 1.29 is 19.5 Å². The molecule has 2 rings (SSSR count). The third-order valence-electron chi connectivity index (χ3n) is 4.77. The Bertz CT molecular complexity index is 850. The van der Waals surface area contributed by atoms with Crippen LogP contribution >= 0.6 is 0 Å². The van der Waals surface area contributed by atoms with Crippen molar-refractivity contribution >= 4 is 28.7 Å². The van der Waals surface area contributed by atoms with Gasteiger partial charge in [0.1, 0.15) is 12.1 Å². The highest BCUT2D eigenvalue weighted by Crippen LogP contribution is 2.18. The first-order valence-corrected chi connectivity index (χ1v) is 9.67. The number of aromatic amines is 1. The molecule has 1 aromatic heterocycles. The summed E-state index contributed by atoms with van der Waals surface area (Å²) < 4.78 is 0. The van der Waals surface area contributed by atoms with Crippen molar-refractivity contribution in [3.05, 3.63) is 36.0 Å². The molecule has 0 unspecified atom stereocenters. The zero-order valence-corrected chi connectivity index (χ0v) is 16.5. The summed E-state index contributed by atoms with van der Waals surface area (Å²) in [5.41, 5.74) is 13.3. The molecular weight excluding hydrogens is 374 g/mol. The van der Waals surface area contributed by atoms with Crippen LogP contribution in [-0.2, 0) is 20.8 Å². The maximum atomic E-state index is 12.4. The van der Waals surface area contributed by atoms with Gasteiger partial charge in [0.2, 0.25) is 11.8 Å². The van der Waals surface area contributed by atoms with Gasteiger partial charge in [0.05, 0.1) is 6.04 Å². The van der Waals surface area contributed by atoms with Crippen LogP contribution in [0.4, 0.5) is 0 Å². The van der Waals surface area contributed by atoms with Gasteiger partial charge >= 0.3 is 5.97 Å². The number of carbonyl (C=O) groups is 3. The Kier molecular flexibility index (Phi) is 8.17. The Balaban J connectivity index is 1.89. The standard InChI is InChI=1S/C20H29N5O4/c1-12(18(26)25-17(20(28)29)8-4-5-9-21)24-19(27)15(22)10-13-11-23-16-7-3-2-6-14(13)16/h2-3,6-7,11-12,15,17,23H,4-5,8-10,21-22H2,1H3,(H,24,27)(H,25,26)(H,28,29)/t12-,15-,17-/m0/s1. The fourth-order valence-corrected chi connectivity index (χ4v) is 3.06. The molecule has 0 saturated carbocycles. The van der Waals surface area contributed by atoms with E-state index in [1.807, 2.05) is 30.5 Å². The molecule has 9 heteroatoms. The van der Waals surface area contributed by atoms with Gasteiger partial charge < -0.3 is 32.2 Å². The molecule has 158 valence electrons. The Morgan fingerprint density at radius 3 is 2.55 bits per heavy atom. The summed E-state index contributed by atoms with van der Waals surface area (Å²) in [6, 6.07) is 4.92. The van der Waals surface area contributed by atoms with Gasteiger partial charge in [-0.1, -0.05) is 18.2 Å². The van der Waals surface area contributed by atoms with Crippen molar-refractivity contribution in [1.29, 1.82) is 0 Å². The van der Waals surface area contributed by atoms with Gasteiger partial charge in [-0.3, -0.25) is 9.59 Å². The molecular formula is C20H29N5O4.